The van der Waals surface area contributed by atoms with Crippen molar-refractivity contribution < 1.29 is 10.2 Å². The molecule has 0 radical (unpaired) electrons. The van der Waals surface area contributed by atoms with Gasteiger partial charge in [0.25, 0.3) is 0 Å². The lowest BCUT2D eigenvalue weighted by Gasteiger charge is -2.49. The fourth-order valence-corrected chi connectivity index (χ4v) is 4.53. The van der Waals surface area contributed by atoms with Gasteiger partial charge in [0.05, 0.1) is 12.3 Å². The van der Waals surface area contributed by atoms with E-state index in [1.54, 1.807) is 18.2 Å². The van der Waals surface area contributed by atoms with Crippen LogP contribution >= 0.6 is 0 Å². The second-order valence-corrected chi connectivity index (χ2v) is 9.74. The average Bonchev–Trinajstić information content (AvgIpc) is 2.72. The van der Waals surface area contributed by atoms with Crippen LogP contribution in [-0.2, 0) is 0 Å². The predicted octanol–water partition coefficient (Wildman–Crippen LogP) is 3.53. The van der Waals surface area contributed by atoms with Crippen molar-refractivity contribution in [3.63, 3.8) is 0 Å². The zero-order valence-electron chi connectivity index (χ0n) is 19.5. The van der Waals surface area contributed by atoms with Crippen molar-refractivity contribution in [3.05, 3.63) is 42.1 Å². The minimum Gasteiger partial charge on any atom is -0.507 e. The van der Waals surface area contributed by atoms with Gasteiger partial charge in [0.15, 0.2) is 5.82 Å². The van der Waals surface area contributed by atoms with Gasteiger partial charge in [0, 0.05) is 59.5 Å². The Labute approximate surface area is 189 Å². The smallest absolute Gasteiger partial charge is 0.151 e. The largest absolute Gasteiger partial charge is 0.507 e. The van der Waals surface area contributed by atoms with Gasteiger partial charge in [-0.05, 0) is 64.8 Å². The Bertz CT molecular complexity index is 968. The highest BCUT2D eigenvalue weighted by Crippen LogP contribution is 2.34. The van der Waals surface area contributed by atoms with Crippen LogP contribution in [0, 0.1) is 5.41 Å². The van der Waals surface area contributed by atoms with E-state index in [9.17, 15) is 5.11 Å². The summed E-state index contributed by atoms with van der Waals surface area (Å²) < 4.78 is 0. The molecule has 5 N–H and O–H groups in total. The van der Waals surface area contributed by atoms with Gasteiger partial charge in [-0.1, -0.05) is 0 Å². The number of piperidine rings is 1. The molecule has 1 aromatic carbocycles. The van der Waals surface area contributed by atoms with Crippen molar-refractivity contribution in [2.45, 2.75) is 57.7 Å². The van der Waals surface area contributed by atoms with Crippen LogP contribution < -0.4 is 15.5 Å². The number of nitrogens with zero attached hydrogens (tertiary/aromatic N) is 3. The molecular formula is C24H34N6O2. The Morgan fingerprint density at radius 3 is 2.41 bits per heavy atom. The Morgan fingerprint density at radius 2 is 1.88 bits per heavy atom. The zero-order valence-corrected chi connectivity index (χ0v) is 19.5. The number of phenolic OH excluding ortho intramolecular Hbond substituents is 1. The van der Waals surface area contributed by atoms with E-state index < -0.39 is 0 Å². The van der Waals surface area contributed by atoms with Gasteiger partial charge in [0.2, 0.25) is 0 Å². The van der Waals surface area contributed by atoms with E-state index in [2.05, 4.69) is 60.5 Å². The van der Waals surface area contributed by atoms with Crippen molar-refractivity contribution in [2.75, 3.05) is 23.9 Å². The molecule has 2 heterocycles. The van der Waals surface area contributed by atoms with Crippen molar-refractivity contribution in [1.29, 1.82) is 5.41 Å². The topological polar surface area (TPSA) is 117 Å². The van der Waals surface area contributed by atoms with Crippen LogP contribution in [0.15, 0.2) is 42.1 Å². The van der Waals surface area contributed by atoms with Crippen molar-refractivity contribution in [2.24, 2.45) is 0 Å². The molecule has 3 rings (SSSR count). The number of nitrogens with one attached hydrogen (secondary N) is 3. The minimum atomic E-state index is -0.233. The summed E-state index contributed by atoms with van der Waals surface area (Å²) in [4.78, 5) is 2.20. The number of anilines is 2. The number of aromatic nitrogens is 2. The third-order valence-corrected chi connectivity index (χ3v) is 5.79. The Kier molecular flexibility index (Phi) is 6.85. The molecule has 1 saturated heterocycles. The molecule has 1 fully saturated rings. The molecule has 172 valence electrons. The summed E-state index contributed by atoms with van der Waals surface area (Å²) in [5.41, 5.74) is 2.32. The van der Waals surface area contributed by atoms with Gasteiger partial charge in [0.1, 0.15) is 5.75 Å². The van der Waals surface area contributed by atoms with E-state index in [1.807, 2.05) is 12.1 Å². The molecule has 0 atom stereocenters. The fourth-order valence-electron chi connectivity index (χ4n) is 4.53. The van der Waals surface area contributed by atoms with E-state index in [4.69, 9.17) is 10.5 Å². The van der Waals surface area contributed by atoms with E-state index >= 15 is 0 Å². The monoisotopic (exact) mass is 438 g/mol. The fraction of sp³-hybridized carbons (Fsp3) is 0.458. The maximum Gasteiger partial charge on any atom is 0.151 e. The van der Waals surface area contributed by atoms with Crippen LogP contribution in [0.2, 0.25) is 0 Å². The van der Waals surface area contributed by atoms with Gasteiger partial charge in [-0.3, -0.25) is 0 Å². The van der Waals surface area contributed by atoms with Gasteiger partial charge < -0.3 is 31.2 Å². The second-order valence-electron chi connectivity index (χ2n) is 9.74. The highest BCUT2D eigenvalue weighted by molar-refractivity contribution is 5.77. The normalized spacial score (nSPS) is 18.2. The highest BCUT2D eigenvalue weighted by atomic mass is 16.3. The first-order chi connectivity index (χ1) is 15.0. The molecule has 0 amide bonds. The van der Waals surface area contributed by atoms with Gasteiger partial charge in [-0.2, -0.15) is 0 Å². The standard InChI is InChI=1S/C24H34N6O2/c1-23(2)11-18(12-24(3,4)29-23)30(5)22-9-8-20(27-28-22)19-7-6-17(10-21(19)32)26-14-16(13-25)15-31/h6-10,13-14,18,25-26,29,31-32H,11-12,15H2,1-5H3/b16-14+,25-13?. The summed E-state index contributed by atoms with van der Waals surface area (Å²) in [5.74, 6) is 0.874. The van der Waals surface area contributed by atoms with Crippen LogP contribution in [-0.4, -0.2) is 57.4 Å². The summed E-state index contributed by atoms with van der Waals surface area (Å²) in [6, 6.07) is 9.29. The number of hydrogen-bond donors (Lipinski definition) is 5. The molecule has 8 heteroatoms. The highest BCUT2D eigenvalue weighted by Gasteiger charge is 2.39. The van der Waals surface area contributed by atoms with E-state index in [-0.39, 0.29) is 23.4 Å². The summed E-state index contributed by atoms with van der Waals surface area (Å²) in [6.07, 6.45) is 4.61. The summed E-state index contributed by atoms with van der Waals surface area (Å²) in [7, 11) is 2.06. The first-order valence-corrected chi connectivity index (χ1v) is 10.8. The third kappa shape index (κ3) is 5.63. The molecule has 0 aliphatic carbocycles. The van der Waals surface area contributed by atoms with Crippen LogP contribution in [0.4, 0.5) is 11.5 Å². The van der Waals surface area contributed by atoms with E-state index in [1.165, 1.54) is 6.20 Å². The van der Waals surface area contributed by atoms with Crippen LogP contribution in [0.5, 0.6) is 5.75 Å². The molecule has 2 aromatic rings. The number of phenols is 1. The molecule has 0 saturated carbocycles. The number of aromatic hydroxyl groups is 1. The van der Waals surface area contributed by atoms with E-state index in [0.717, 1.165) is 24.9 Å². The Balaban J connectivity index is 1.75. The number of hydrogen-bond acceptors (Lipinski definition) is 8. The quantitative estimate of drug-likeness (QED) is 0.420. The lowest BCUT2D eigenvalue weighted by Crippen LogP contribution is -2.62. The number of aliphatic hydroxyl groups is 1. The van der Waals surface area contributed by atoms with Crippen molar-refractivity contribution >= 4 is 17.7 Å². The van der Waals surface area contributed by atoms with Gasteiger partial charge >= 0.3 is 0 Å². The minimum absolute atomic E-state index is 0.0431. The molecule has 1 aromatic heterocycles. The molecule has 1 aliphatic rings. The zero-order chi connectivity index (χ0) is 23.5. The van der Waals surface area contributed by atoms with Gasteiger partial charge in [-0.15, -0.1) is 10.2 Å². The average molecular weight is 439 g/mol. The molecule has 0 spiro atoms. The maximum atomic E-state index is 10.5. The molecule has 1 aliphatic heterocycles. The molecule has 32 heavy (non-hydrogen) atoms. The summed E-state index contributed by atoms with van der Waals surface area (Å²) >= 11 is 0. The molecule has 0 unspecified atom stereocenters. The van der Waals surface area contributed by atoms with Crippen molar-refractivity contribution in [3.8, 4) is 17.0 Å². The van der Waals surface area contributed by atoms with Crippen LogP contribution in [0.3, 0.4) is 0 Å². The first kappa shape index (κ1) is 23.7. The summed E-state index contributed by atoms with van der Waals surface area (Å²) in [5, 5.41) is 42.3. The number of aliphatic hydroxyl groups excluding tert-OH is 1. The van der Waals surface area contributed by atoms with Crippen molar-refractivity contribution in [1.82, 2.24) is 15.5 Å². The Morgan fingerprint density at radius 1 is 1.19 bits per heavy atom. The van der Waals surface area contributed by atoms with E-state index in [0.29, 0.717) is 28.6 Å². The van der Waals surface area contributed by atoms with Crippen LogP contribution in [0.1, 0.15) is 40.5 Å². The van der Waals surface area contributed by atoms with Gasteiger partial charge in [-0.25, -0.2) is 0 Å². The first-order valence-electron chi connectivity index (χ1n) is 10.8. The Hall–Kier alpha value is -2.97. The molecule has 0 bridgehead atoms. The maximum absolute atomic E-state index is 10.5. The predicted molar refractivity (Wildman–Crippen MR) is 129 cm³/mol. The summed E-state index contributed by atoms with van der Waals surface area (Å²) in [6.45, 7) is 8.70. The second kappa shape index (κ2) is 9.26. The SMILES string of the molecule is CN(c1ccc(-c2ccc(N/C=C(\C=N)CO)cc2O)nn1)C1CC(C)(C)NC(C)(C)C1. The lowest BCUT2D eigenvalue weighted by atomic mass is 9.79. The molecule has 8 nitrogen and oxygen atoms in total. The lowest BCUT2D eigenvalue weighted by molar-refractivity contribution is 0.160. The third-order valence-electron chi connectivity index (χ3n) is 5.79. The number of benzene rings is 1. The van der Waals surface area contributed by atoms with Crippen LogP contribution in [0.25, 0.3) is 11.3 Å². The number of rotatable bonds is 7. The molecular weight excluding hydrogens is 404 g/mol.